The molecular formula is C22H21N5O. The Morgan fingerprint density at radius 1 is 1.21 bits per heavy atom. The minimum atomic E-state index is -0.0297. The molecule has 6 heteroatoms. The third-order valence-electron chi connectivity index (χ3n) is 5.46. The molecule has 1 amide bonds. The van der Waals surface area contributed by atoms with Gasteiger partial charge in [-0.05, 0) is 37.1 Å². The molecule has 28 heavy (non-hydrogen) atoms. The van der Waals surface area contributed by atoms with Crippen molar-refractivity contribution in [3.63, 3.8) is 0 Å². The Kier molecular flexibility index (Phi) is 3.97. The van der Waals surface area contributed by atoms with Crippen molar-refractivity contribution >= 4 is 28.1 Å². The normalized spacial score (nSPS) is 16.8. The molecule has 1 fully saturated rings. The summed E-state index contributed by atoms with van der Waals surface area (Å²) in [7, 11) is 1.87. The number of anilines is 1. The molecule has 4 heterocycles. The summed E-state index contributed by atoms with van der Waals surface area (Å²) < 4.78 is 2.06. The van der Waals surface area contributed by atoms with Gasteiger partial charge in [0.1, 0.15) is 5.82 Å². The molecule has 0 aliphatic carbocycles. The monoisotopic (exact) mass is 371 g/mol. The second kappa shape index (κ2) is 6.64. The van der Waals surface area contributed by atoms with Crippen LogP contribution in [0.15, 0.2) is 61.1 Å². The molecule has 1 atom stereocenters. The highest BCUT2D eigenvalue weighted by molar-refractivity contribution is 5.97. The summed E-state index contributed by atoms with van der Waals surface area (Å²) in [5.74, 6) is 0.843. The lowest BCUT2D eigenvalue weighted by Gasteiger charge is -2.25. The Hall–Kier alpha value is -3.41. The Morgan fingerprint density at radius 3 is 3.00 bits per heavy atom. The van der Waals surface area contributed by atoms with Gasteiger partial charge in [-0.15, -0.1) is 0 Å². The van der Waals surface area contributed by atoms with Gasteiger partial charge in [0, 0.05) is 37.6 Å². The molecular weight excluding hydrogens is 350 g/mol. The molecule has 3 aromatic heterocycles. The first-order valence-corrected chi connectivity index (χ1v) is 9.56. The zero-order chi connectivity index (χ0) is 19.1. The summed E-state index contributed by atoms with van der Waals surface area (Å²) in [6, 6.07) is 13.8. The fraction of sp³-hybridized carbons (Fsp3) is 0.227. The minimum Gasteiger partial charge on any atom is -0.371 e. The van der Waals surface area contributed by atoms with Crippen molar-refractivity contribution in [1.29, 1.82) is 0 Å². The summed E-state index contributed by atoms with van der Waals surface area (Å²) in [5.41, 5.74) is 3.46. The van der Waals surface area contributed by atoms with Gasteiger partial charge >= 0.3 is 0 Å². The first kappa shape index (κ1) is 16.7. The summed E-state index contributed by atoms with van der Waals surface area (Å²) in [6.07, 6.45) is 7.61. The van der Waals surface area contributed by atoms with Gasteiger partial charge in [-0.2, -0.15) is 0 Å². The number of benzene rings is 1. The average Bonchev–Trinajstić information content (AvgIpc) is 3.41. The first-order valence-electron chi connectivity index (χ1n) is 9.56. The van der Waals surface area contributed by atoms with Crippen molar-refractivity contribution in [1.82, 2.24) is 19.3 Å². The van der Waals surface area contributed by atoms with E-state index in [1.807, 2.05) is 66.8 Å². The van der Waals surface area contributed by atoms with Crippen LogP contribution in [0.2, 0.25) is 0 Å². The number of rotatable bonds is 3. The van der Waals surface area contributed by atoms with Crippen LogP contribution in [0.4, 0.5) is 5.82 Å². The lowest BCUT2D eigenvalue weighted by Crippen LogP contribution is -2.31. The molecule has 0 radical (unpaired) electrons. The number of amides is 1. The molecule has 4 aromatic rings. The summed E-state index contributed by atoms with van der Waals surface area (Å²) in [4.78, 5) is 24.5. The van der Waals surface area contributed by atoms with E-state index in [9.17, 15) is 4.79 Å². The molecule has 140 valence electrons. The Morgan fingerprint density at radius 2 is 2.11 bits per heavy atom. The fourth-order valence-corrected chi connectivity index (χ4v) is 4.08. The third kappa shape index (κ3) is 2.69. The highest BCUT2D eigenvalue weighted by Gasteiger charge is 2.32. The maximum atomic E-state index is 13.3. The van der Waals surface area contributed by atoms with Crippen molar-refractivity contribution in [3.05, 3.63) is 72.3 Å². The first-order chi connectivity index (χ1) is 13.7. The van der Waals surface area contributed by atoms with Crippen LogP contribution in [0.1, 0.15) is 34.9 Å². The molecule has 0 saturated carbocycles. The van der Waals surface area contributed by atoms with Gasteiger partial charge in [-0.25, -0.2) is 4.98 Å². The van der Waals surface area contributed by atoms with Crippen molar-refractivity contribution in [3.8, 4) is 0 Å². The number of hydrogen-bond donors (Lipinski definition) is 1. The van der Waals surface area contributed by atoms with Gasteiger partial charge in [-0.3, -0.25) is 9.78 Å². The lowest BCUT2D eigenvalue weighted by atomic mass is 10.1. The van der Waals surface area contributed by atoms with Crippen LogP contribution in [0.3, 0.4) is 0 Å². The molecule has 6 nitrogen and oxygen atoms in total. The van der Waals surface area contributed by atoms with E-state index in [0.29, 0.717) is 5.56 Å². The lowest BCUT2D eigenvalue weighted by molar-refractivity contribution is 0.0732. The van der Waals surface area contributed by atoms with E-state index in [4.69, 9.17) is 4.98 Å². The predicted octanol–water partition coefficient (Wildman–Crippen LogP) is 3.90. The Labute approximate surface area is 162 Å². The van der Waals surface area contributed by atoms with Crippen LogP contribution in [-0.2, 0) is 0 Å². The van der Waals surface area contributed by atoms with Gasteiger partial charge in [-0.1, -0.05) is 18.2 Å². The van der Waals surface area contributed by atoms with E-state index in [1.165, 1.54) is 0 Å². The van der Waals surface area contributed by atoms with Crippen molar-refractivity contribution in [2.75, 3.05) is 18.9 Å². The highest BCUT2D eigenvalue weighted by atomic mass is 16.2. The quantitative estimate of drug-likeness (QED) is 0.593. The second-order valence-corrected chi connectivity index (χ2v) is 7.14. The van der Waals surface area contributed by atoms with Gasteiger partial charge in [0.15, 0.2) is 0 Å². The number of pyridine rings is 1. The smallest absolute Gasteiger partial charge is 0.256 e. The number of para-hydroxylation sites is 1. The molecule has 1 N–H and O–H groups in total. The van der Waals surface area contributed by atoms with Gasteiger partial charge in [0.25, 0.3) is 5.91 Å². The van der Waals surface area contributed by atoms with Gasteiger partial charge in [0.05, 0.1) is 28.3 Å². The van der Waals surface area contributed by atoms with E-state index >= 15 is 0 Å². The number of fused-ring (bicyclic) bond motifs is 2. The molecule has 0 spiro atoms. The Bertz CT molecular complexity index is 1180. The molecule has 5 rings (SSSR count). The standard InChI is InChI=1S/C22H21N5O/c1-23-21-20-9-4-10-26(20)14-18(25-21)19-8-5-11-27(19)22(28)16-12-15-6-2-3-7-17(15)24-13-16/h2-4,6-7,9-10,12-14,19H,5,8,11H2,1H3,(H,23,25)/t19-/m0/s1. The molecule has 1 aromatic carbocycles. The Balaban J connectivity index is 1.51. The van der Waals surface area contributed by atoms with E-state index < -0.39 is 0 Å². The predicted molar refractivity (Wildman–Crippen MR) is 109 cm³/mol. The molecule has 1 aliphatic heterocycles. The average molecular weight is 371 g/mol. The largest absolute Gasteiger partial charge is 0.371 e. The van der Waals surface area contributed by atoms with Crippen LogP contribution < -0.4 is 5.32 Å². The zero-order valence-corrected chi connectivity index (χ0v) is 15.7. The molecule has 0 bridgehead atoms. The third-order valence-corrected chi connectivity index (χ3v) is 5.46. The molecule has 1 aliphatic rings. The minimum absolute atomic E-state index is 0.0150. The van der Waals surface area contributed by atoms with E-state index in [0.717, 1.165) is 47.3 Å². The topological polar surface area (TPSA) is 62.5 Å². The van der Waals surface area contributed by atoms with Gasteiger partial charge < -0.3 is 14.6 Å². The second-order valence-electron chi connectivity index (χ2n) is 7.14. The number of carbonyl (C=O) groups excluding carboxylic acids is 1. The van der Waals surface area contributed by atoms with Crippen molar-refractivity contribution in [2.45, 2.75) is 18.9 Å². The highest BCUT2D eigenvalue weighted by Crippen LogP contribution is 2.33. The van der Waals surface area contributed by atoms with Crippen LogP contribution in [0.25, 0.3) is 16.4 Å². The van der Waals surface area contributed by atoms with E-state index in [1.54, 1.807) is 6.20 Å². The summed E-state index contributed by atoms with van der Waals surface area (Å²) in [6.45, 7) is 0.733. The van der Waals surface area contributed by atoms with Crippen molar-refractivity contribution in [2.24, 2.45) is 0 Å². The number of likely N-dealkylation sites (tertiary alicyclic amines) is 1. The van der Waals surface area contributed by atoms with E-state index in [-0.39, 0.29) is 11.9 Å². The summed E-state index contributed by atoms with van der Waals surface area (Å²) >= 11 is 0. The zero-order valence-electron chi connectivity index (χ0n) is 15.7. The van der Waals surface area contributed by atoms with Gasteiger partial charge in [0.2, 0.25) is 0 Å². The van der Waals surface area contributed by atoms with Crippen LogP contribution in [0.5, 0.6) is 0 Å². The van der Waals surface area contributed by atoms with Crippen molar-refractivity contribution < 1.29 is 4.79 Å². The SMILES string of the molecule is CNc1nc([C@@H]2CCCN2C(=O)c2cnc3ccccc3c2)cn2cccc12. The number of nitrogens with one attached hydrogen (secondary N) is 1. The van der Waals surface area contributed by atoms with Crippen LogP contribution in [0, 0.1) is 0 Å². The number of nitrogens with zero attached hydrogens (tertiary/aromatic N) is 4. The molecule has 0 unspecified atom stereocenters. The number of carbonyl (C=O) groups is 1. The van der Waals surface area contributed by atoms with E-state index in [2.05, 4.69) is 14.7 Å². The maximum absolute atomic E-state index is 13.3. The fourth-order valence-electron chi connectivity index (χ4n) is 4.08. The number of aromatic nitrogens is 3. The molecule has 1 saturated heterocycles. The summed E-state index contributed by atoms with van der Waals surface area (Å²) in [5, 5.41) is 4.15. The maximum Gasteiger partial charge on any atom is 0.256 e. The van der Waals surface area contributed by atoms with Crippen LogP contribution in [-0.4, -0.2) is 38.8 Å². The number of hydrogen-bond acceptors (Lipinski definition) is 4. The van der Waals surface area contributed by atoms with Crippen LogP contribution >= 0.6 is 0 Å².